The van der Waals surface area contributed by atoms with E-state index < -0.39 is 0 Å². The van der Waals surface area contributed by atoms with Gasteiger partial charge < -0.3 is 20.2 Å². The Morgan fingerprint density at radius 1 is 1.20 bits per heavy atom. The van der Waals surface area contributed by atoms with Gasteiger partial charge in [0.2, 0.25) is 0 Å². The first-order chi connectivity index (χ1) is 12.1. The van der Waals surface area contributed by atoms with Crippen LogP contribution in [0, 0.1) is 11.3 Å². The van der Waals surface area contributed by atoms with Gasteiger partial charge in [0.15, 0.2) is 11.5 Å². The largest absolute Gasteiger partial charge is 0.493 e. The number of H-pyrrole nitrogens is 1. The van der Waals surface area contributed by atoms with Crippen molar-refractivity contribution in [3.05, 3.63) is 47.1 Å². The van der Waals surface area contributed by atoms with E-state index in [0.717, 1.165) is 5.69 Å². The van der Waals surface area contributed by atoms with Crippen LogP contribution < -0.4 is 15.2 Å². The number of ether oxygens (including phenoxy) is 2. The van der Waals surface area contributed by atoms with Crippen molar-refractivity contribution < 1.29 is 9.47 Å². The molecule has 25 heavy (non-hydrogen) atoms. The van der Waals surface area contributed by atoms with Crippen LogP contribution in [0.3, 0.4) is 0 Å². The first-order valence-corrected chi connectivity index (χ1v) is 7.73. The molecule has 0 amide bonds. The molecule has 0 saturated heterocycles. The fraction of sp³-hybridized carbons (Fsp3) is 0.111. The monoisotopic (exact) mass is 354 g/mol. The zero-order valence-corrected chi connectivity index (χ0v) is 14.4. The van der Waals surface area contributed by atoms with Crippen LogP contribution in [0.2, 0.25) is 5.02 Å². The average Bonchev–Trinajstić information content (AvgIpc) is 3.14. The van der Waals surface area contributed by atoms with Crippen molar-refractivity contribution in [1.82, 2.24) is 9.97 Å². The number of nitrogens with zero attached hydrogens (tertiary/aromatic N) is 2. The van der Waals surface area contributed by atoms with Gasteiger partial charge in [0, 0.05) is 28.4 Å². The third-order valence-electron chi connectivity index (χ3n) is 3.77. The molecule has 0 unspecified atom stereocenters. The second-order valence-corrected chi connectivity index (χ2v) is 5.64. The minimum atomic E-state index is 0.130. The fourth-order valence-corrected chi connectivity index (χ4v) is 2.86. The Morgan fingerprint density at radius 2 is 2.00 bits per heavy atom. The van der Waals surface area contributed by atoms with Crippen LogP contribution in [-0.2, 0) is 0 Å². The van der Waals surface area contributed by atoms with Gasteiger partial charge in [-0.2, -0.15) is 5.26 Å². The third-order valence-corrected chi connectivity index (χ3v) is 3.99. The molecule has 2 aromatic heterocycles. The smallest absolute Gasteiger partial charge is 0.168 e. The molecule has 3 N–H and O–H groups in total. The molecular formula is C18H15ClN4O2. The molecule has 1 aromatic carbocycles. The molecule has 7 heteroatoms. The van der Waals surface area contributed by atoms with Crippen LogP contribution in [0.4, 0.5) is 5.82 Å². The van der Waals surface area contributed by atoms with E-state index in [4.69, 9.17) is 26.8 Å². The van der Waals surface area contributed by atoms with Crippen molar-refractivity contribution >= 4 is 17.4 Å². The summed E-state index contributed by atoms with van der Waals surface area (Å²) in [4.78, 5) is 7.39. The zero-order valence-electron chi connectivity index (χ0n) is 13.6. The summed E-state index contributed by atoms with van der Waals surface area (Å²) in [6.07, 6.45) is 1.79. The number of hydrogen-bond donors (Lipinski definition) is 2. The van der Waals surface area contributed by atoms with Crippen LogP contribution >= 0.6 is 11.6 Å². The summed E-state index contributed by atoms with van der Waals surface area (Å²) in [5, 5.41) is 10.0. The molecule has 0 spiro atoms. The molecule has 0 radical (unpaired) electrons. The van der Waals surface area contributed by atoms with Crippen LogP contribution in [0.1, 0.15) is 5.56 Å². The van der Waals surface area contributed by atoms with Gasteiger partial charge in [-0.3, -0.25) is 0 Å². The van der Waals surface area contributed by atoms with Crippen molar-refractivity contribution in [2.45, 2.75) is 0 Å². The van der Waals surface area contributed by atoms with E-state index in [0.29, 0.717) is 33.3 Å². The van der Waals surface area contributed by atoms with E-state index in [-0.39, 0.29) is 11.4 Å². The number of halogens is 1. The van der Waals surface area contributed by atoms with Crippen LogP contribution in [0.25, 0.3) is 22.5 Å². The maximum atomic E-state index is 9.56. The summed E-state index contributed by atoms with van der Waals surface area (Å²) in [7, 11) is 3.05. The molecule has 126 valence electrons. The number of hydrogen-bond acceptors (Lipinski definition) is 5. The molecular weight excluding hydrogens is 340 g/mol. The molecule has 3 aromatic rings. The van der Waals surface area contributed by atoms with Crippen molar-refractivity contribution in [2.24, 2.45) is 0 Å². The lowest BCUT2D eigenvalue weighted by molar-refractivity contribution is 0.356. The molecule has 0 aliphatic carbocycles. The van der Waals surface area contributed by atoms with E-state index in [1.54, 1.807) is 24.4 Å². The van der Waals surface area contributed by atoms with Gasteiger partial charge in [0.05, 0.1) is 25.6 Å². The quantitative estimate of drug-likeness (QED) is 0.741. The first-order valence-electron chi connectivity index (χ1n) is 7.35. The topological polar surface area (TPSA) is 97.0 Å². The number of pyridine rings is 1. The molecule has 0 atom stereocenters. The number of nitriles is 1. The normalized spacial score (nSPS) is 10.3. The highest BCUT2D eigenvalue weighted by atomic mass is 35.5. The number of aromatic amines is 1. The number of methoxy groups -OCH3 is 2. The Morgan fingerprint density at radius 3 is 2.60 bits per heavy atom. The second-order valence-electron chi connectivity index (χ2n) is 5.20. The fourth-order valence-electron chi connectivity index (χ4n) is 2.65. The van der Waals surface area contributed by atoms with Crippen molar-refractivity contribution in [1.29, 1.82) is 5.26 Å². The van der Waals surface area contributed by atoms with Gasteiger partial charge in [-0.05, 0) is 24.3 Å². The number of benzene rings is 1. The summed E-state index contributed by atoms with van der Waals surface area (Å²) >= 11 is 6.21. The van der Waals surface area contributed by atoms with Crippen molar-refractivity contribution in [3.8, 4) is 40.1 Å². The van der Waals surface area contributed by atoms with E-state index in [1.165, 1.54) is 14.2 Å². The molecule has 0 fully saturated rings. The second kappa shape index (κ2) is 6.75. The first kappa shape index (κ1) is 16.7. The van der Waals surface area contributed by atoms with E-state index in [9.17, 15) is 5.26 Å². The Bertz CT molecular complexity index is 962. The number of anilines is 1. The molecule has 0 bridgehead atoms. The standard InChI is InChI=1S/C18H15ClN4O2/c1-24-16-7-10(19)6-12(17(16)25-2)11-8-15(14-4-3-5-22-14)23-18(21)13(11)9-20/h3-8,22H,1-2H3,(H2,21,23). The Balaban J connectivity index is 2.34. The van der Waals surface area contributed by atoms with Crippen molar-refractivity contribution in [3.63, 3.8) is 0 Å². The number of nitrogens with two attached hydrogens (primary N) is 1. The van der Waals surface area contributed by atoms with E-state index in [2.05, 4.69) is 16.0 Å². The summed E-state index contributed by atoms with van der Waals surface area (Å²) in [6, 6.07) is 11.0. The number of aromatic nitrogens is 2. The minimum Gasteiger partial charge on any atom is -0.493 e. The van der Waals surface area contributed by atoms with Gasteiger partial charge in [-0.25, -0.2) is 4.98 Å². The number of rotatable bonds is 4. The summed E-state index contributed by atoms with van der Waals surface area (Å²) in [5.41, 5.74) is 8.83. The minimum absolute atomic E-state index is 0.130. The predicted molar refractivity (Wildman–Crippen MR) is 96.7 cm³/mol. The molecule has 6 nitrogen and oxygen atoms in total. The number of nitrogen functional groups attached to an aromatic ring is 1. The van der Waals surface area contributed by atoms with Crippen LogP contribution in [-0.4, -0.2) is 24.2 Å². The Hall–Kier alpha value is -3.17. The van der Waals surface area contributed by atoms with E-state index >= 15 is 0 Å². The lowest BCUT2D eigenvalue weighted by Crippen LogP contribution is -2.01. The molecule has 0 aliphatic rings. The summed E-state index contributed by atoms with van der Waals surface area (Å²) < 4.78 is 10.8. The number of nitrogens with one attached hydrogen (secondary N) is 1. The maximum Gasteiger partial charge on any atom is 0.168 e. The Kier molecular flexibility index (Phi) is 4.50. The highest BCUT2D eigenvalue weighted by molar-refractivity contribution is 6.31. The van der Waals surface area contributed by atoms with Gasteiger partial charge in [0.1, 0.15) is 17.5 Å². The molecule has 3 rings (SSSR count). The van der Waals surface area contributed by atoms with E-state index in [1.807, 2.05) is 12.1 Å². The van der Waals surface area contributed by atoms with Crippen LogP contribution in [0.15, 0.2) is 36.5 Å². The maximum absolute atomic E-state index is 9.56. The highest BCUT2D eigenvalue weighted by Crippen LogP contribution is 2.43. The summed E-state index contributed by atoms with van der Waals surface area (Å²) in [6.45, 7) is 0. The SMILES string of the molecule is COc1cc(Cl)cc(-c2cc(-c3ccc[nH]3)nc(N)c2C#N)c1OC. The Labute approximate surface area is 149 Å². The highest BCUT2D eigenvalue weighted by Gasteiger charge is 2.20. The van der Waals surface area contributed by atoms with Crippen molar-refractivity contribution in [2.75, 3.05) is 20.0 Å². The molecule has 0 aliphatic heterocycles. The summed E-state index contributed by atoms with van der Waals surface area (Å²) in [5.74, 6) is 1.06. The molecule has 2 heterocycles. The average molecular weight is 355 g/mol. The van der Waals surface area contributed by atoms with Crippen LogP contribution in [0.5, 0.6) is 11.5 Å². The van der Waals surface area contributed by atoms with Gasteiger partial charge >= 0.3 is 0 Å². The lowest BCUT2D eigenvalue weighted by atomic mass is 9.98. The third kappa shape index (κ3) is 2.97. The molecule has 0 saturated carbocycles. The van der Waals surface area contributed by atoms with Gasteiger partial charge in [0.25, 0.3) is 0 Å². The van der Waals surface area contributed by atoms with Gasteiger partial charge in [-0.15, -0.1) is 0 Å². The lowest BCUT2D eigenvalue weighted by Gasteiger charge is -2.16. The zero-order chi connectivity index (χ0) is 18.0. The van der Waals surface area contributed by atoms with Gasteiger partial charge in [-0.1, -0.05) is 11.6 Å². The predicted octanol–water partition coefficient (Wildman–Crippen LogP) is 3.87.